The van der Waals surface area contributed by atoms with Crippen molar-refractivity contribution in [2.75, 3.05) is 6.61 Å². The molecule has 1 aliphatic rings. The first-order chi connectivity index (χ1) is 9.22. The molecule has 0 N–H and O–H groups in total. The molecule has 1 fully saturated rings. The normalized spacial score (nSPS) is 18.6. The number of benzene rings is 1. The molecule has 0 saturated carbocycles. The Labute approximate surface area is 121 Å². The van der Waals surface area contributed by atoms with Gasteiger partial charge in [-0.15, -0.1) is 10.2 Å². The quantitative estimate of drug-likeness (QED) is 0.800. The van der Waals surface area contributed by atoms with Crippen molar-refractivity contribution in [3.63, 3.8) is 0 Å². The van der Waals surface area contributed by atoms with Crippen molar-refractivity contribution in [1.29, 1.82) is 0 Å². The highest BCUT2D eigenvalue weighted by atomic mass is 79.9. The minimum Gasteiger partial charge on any atom is -0.465 e. The Hall–Kier alpha value is -1.34. The van der Waals surface area contributed by atoms with Crippen LogP contribution in [0.3, 0.4) is 0 Å². The lowest BCUT2D eigenvalue weighted by Gasteiger charge is -1.99. The number of thioether (sulfide) groups is 1. The predicted molar refractivity (Wildman–Crippen MR) is 72.7 cm³/mol. The summed E-state index contributed by atoms with van der Waals surface area (Å²) >= 11 is 4.64. The summed E-state index contributed by atoms with van der Waals surface area (Å²) in [5.74, 6) is 0.224. The van der Waals surface area contributed by atoms with Gasteiger partial charge in [-0.1, -0.05) is 22.0 Å². The molecule has 7 heteroatoms. The first-order valence-electron chi connectivity index (χ1n) is 5.65. The second-order valence-electron chi connectivity index (χ2n) is 3.95. The topological polar surface area (TPSA) is 65.2 Å². The fourth-order valence-electron chi connectivity index (χ4n) is 1.70. The molecule has 3 rings (SSSR count). The standard InChI is InChI=1S/C12H9BrN2O3S/c13-8-3-1-2-7(6-8)10-14-15-12(18-10)19-9-4-5-17-11(9)16/h1-3,6,9H,4-5H2/t9-/m0/s1. The monoisotopic (exact) mass is 340 g/mol. The second kappa shape index (κ2) is 5.34. The molecule has 0 radical (unpaired) electrons. The van der Waals surface area contributed by atoms with Crippen LogP contribution >= 0.6 is 27.7 Å². The largest absolute Gasteiger partial charge is 0.465 e. The number of carbonyl (C=O) groups is 1. The molecule has 1 saturated heterocycles. The highest BCUT2D eigenvalue weighted by molar-refractivity contribution is 9.10. The highest BCUT2D eigenvalue weighted by Gasteiger charge is 2.29. The van der Waals surface area contributed by atoms with Gasteiger partial charge < -0.3 is 9.15 Å². The van der Waals surface area contributed by atoms with Crippen LogP contribution in [0.4, 0.5) is 0 Å². The molecule has 0 bridgehead atoms. The second-order valence-corrected chi connectivity index (χ2v) is 6.02. The maximum Gasteiger partial charge on any atom is 0.319 e. The van der Waals surface area contributed by atoms with E-state index in [0.29, 0.717) is 24.1 Å². The third-order valence-electron chi connectivity index (χ3n) is 2.61. The number of ether oxygens (including phenoxy) is 1. The number of rotatable bonds is 3. The molecule has 5 nitrogen and oxygen atoms in total. The smallest absolute Gasteiger partial charge is 0.319 e. The summed E-state index contributed by atoms with van der Waals surface area (Å²) < 4.78 is 11.4. The molecule has 1 aliphatic heterocycles. The van der Waals surface area contributed by atoms with E-state index in [0.717, 1.165) is 10.0 Å². The van der Waals surface area contributed by atoms with Crippen LogP contribution in [0.1, 0.15) is 6.42 Å². The minimum absolute atomic E-state index is 0.216. The molecule has 0 amide bonds. The van der Waals surface area contributed by atoms with Crippen LogP contribution in [0.2, 0.25) is 0 Å². The van der Waals surface area contributed by atoms with Crippen LogP contribution < -0.4 is 0 Å². The van der Waals surface area contributed by atoms with Gasteiger partial charge in [-0.2, -0.15) is 0 Å². The summed E-state index contributed by atoms with van der Waals surface area (Å²) in [4.78, 5) is 11.4. The van der Waals surface area contributed by atoms with E-state index in [2.05, 4.69) is 26.1 Å². The van der Waals surface area contributed by atoms with Gasteiger partial charge >= 0.3 is 5.97 Å². The SMILES string of the molecule is O=C1OCC[C@@H]1Sc1nnc(-c2cccc(Br)c2)o1. The van der Waals surface area contributed by atoms with Crippen molar-refractivity contribution in [3.05, 3.63) is 28.7 Å². The van der Waals surface area contributed by atoms with Crippen molar-refractivity contribution in [1.82, 2.24) is 10.2 Å². The number of aromatic nitrogens is 2. The number of esters is 1. The molecule has 98 valence electrons. The van der Waals surface area contributed by atoms with Gasteiger partial charge in [-0.3, -0.25) is 4.79 Å². The first kappa shape index (κ1) is 12.7. The number of cyclic esters (lactones) is 1. The molecule has 2 aromatic rings. The van der Waals surface area contributed by atoms with Crippen molar-refractivity contribution < 1.29 is 13.9 Å². The number of carbonyl (C=O) groups excluding carboxylic acids is 1. The van der Waals surface area contributed by atoms with Gasteiger partial charge in [0.05, 0.1) is 6.61 Å². The minimum atomic E-state index is -0.240. The summed E-state index contributed by atoms with van der Waals surface area (Å²) in [7, 11) is 0. The molecule has 0 aliphatic carbocycles. The lowest BCUT2D eigenvalue weighted by Crippen LogP contribution is -2.09. The molecular formula is C12H9BrN2O3S. The summed E-state index contributed by atoms with van der Waals surface area (Å²) in [6.45, 7) is 0.461. The zero-order valence-electron chi connectivity index (χ0n) is 9.71. The Morgan fingerprint density at radius 1 is 1.37 bits per heavy atom. The van der Waals surface area contributed by atoms with Crippen molar-refractivity contribution in [3.8, 4) is 11.5 Å². The third-order valence-corrected chi connectivity index (χ3v) is 4.18. The fraction of sp³-hybridized carbons (Fsp3) is 0.250. The number of hydrogen-bond donors (Lipinski definition) is 0. The van der Waals surface area contributed by atoms with E-state index in [-0.39, 0.29) is 11.2 Å². The van der Waals surface area contributed by atoms with E-state index >= 15 is 0 Å². The van der Waals surface area contributed by atoms with E-state index in [9.17, 15) is 4.79 Å². The van der Waals surface area contributed by atoms with Gasteiger partial charge in [0.1, 0.15) is 5.25 Å². The number of nitrogens with zero attached hydrogens (tertiary/aromatic N) is 2. The van der Waals surface area contributed by atoms with Crippen molar-refractivity contribution >= 4 is 33.7 Å². The predicted octanol–water partition coefficient (Wildman–Crippen LogP) is 2.91. The van der Waals surface area contributed by atoms with Crippen LogP contribution in [-0.2, 0) is 9.53 Å². The molecule has 1 aromatic carbocycles. The molecule has 0 unspecified atom stereocenters. The van der Waals surface area contributed by atoms with E-state index in [1.807, 2.05) is 24.3 Å². The number of halogens is 1. The van der Waals surface area contributed by atoms with E-state index in [4.69, 9.17) is 9.15 Å². The highest BCUT2D eigenvalue weighted by Crippen LogP contribution is 2.31. The fourth-order valence-corrected chi connectivity index (χ4v) is 2.94. The van der Waals surface area contributed by atoms with E-state index in [1.54, 1.807) is 0 Å². The maximum absolute atomic E-state index is 11.4. The first-order valence-corrected chi connectivity index (χ1v) is 7.32. The van der Waals surface area contributed by atoms with E-state index < -0.39 is 0 Å². The Morgan fingerprint density at radius 2 is 2.26 bits per heavy atom. The molecular weight excluding hydrogens is 332 g/mol. The van der Waals surface area contributed by atoms with Gasteiger partial charge in [-0.05, 0) is 30.0 Å². The van der Waals surface area contributed by atoms with Gasteiger partial charge in [0.15, 0.2) is 0 Å². The average molecular weight is 341 g/mol. The summed E-state index contributed by atoms with van der Waals surface area (Å²) in [6.07, 6.45) is 0.679. The molecule has 19 heavy (non-hydrogen) atoms. The van der Waals surface area contributed by atoms with Gasteiger partial charge in [0.25, 0.3) is 5.22 Å². The maximum atomic E-state index is 11.4. The van der Waals surface area contributed by atoms with Crippen LogP contribution in [0.25, 0.3) is 11.5 Å². The zero-order chi connectivity index (χ0) is 13.2. The molecule has 1 aromatic heterocycles. The van der Waals surface area contributed by atoms with Crippen LogP contribution in [-0.4, -0.2) is 28.0 Å². The van der Waals surface area contributed by atoms with Crippen LogP contribution in [0, 0.1) is 0 Å². The zero-order valence-corrected chi connectivity index (χ0v) is 12.1. The van der Waals surface area contributed by atoms with Crippen molar-refractivity contribution in [2.24, 2.45) is 0 Å². The Kier molecular flexibility index (Phi) is 3.56. The molecule has 0 spiro atoms. The van der Waals surface area contributed by atoms with Gasteiger partial charge in [0, 0.05) is 16.5 Å². The third kappa shape index (κ3) is 2.82. The van der Waals surface area contributed by atoms with E-state index in [1.165, 1.54) is 11.8 Å². The Bertz CT molecular complexity index is 617. The van der Waals surface area contributed by atoms with Crippen molar-refractivity contribution in [2.45, 2.75) is 16.9 Å². The molecule has 2 heterocycles. The van der Waals surface area contributed by atoms with Gasteiger partial charge in [0.2, 0.25) is 5.89 Å². The number of hydrogen-bond acceptors (Lipinski definition) is 6. The van der Waals surface area contributed by atoms with Gasteiger partial charge in [-0.25, -0.2) is 0 Å². The Balaban J connectivity index is 1.78. The van der Waals surface area contributed by atoms with Crippen LogP contribution in [0.5, 0.6) is 0 Å². The summed E-state index contributed by atoms with van der Waals surface area (Å²) in [5.41, 5.74) is 0.836. The summed E-state index contributed by atoms with van der Waals surface area (Å²) in [5, 5.41) is 8.08. The lowest BCUT2D eigenvalue weighted by molar-refractivity contribution is -0.137. The summed E-state index contributed by atoms with van der Waals surface area (Å²) in [6, 6.07) is 7.59. The lowest BCUT2D eigenvalue weighted by atomic mass is 10.2. The molecule has 1 atom stereocenters. The average Bonchev–Trinajstić information content (AvgIpc) is 3.00. The Morgan fingerprint density at radius 3 is 3.00 bits per heavy atom. The van der Waals surface area contributed by atoms with Crippen LogP contribution in [0.15, 0.2) is 38.4 Å².